The standard InChI is InChI=1S/C25H31N3O4S/c1-6-12-28(13-7-2)25(30)21-16-26-22-11-10-19(15-20(22)24(21)29)33(31,32)27(5)23-14-17(3)8-9-18(23)4/h8-11,14-16H,6-7,12-13H2,1-5H3,(H,26,29). The number of H-pyrrole nitrogens is 1. The predicted molar refractivity (Wildman–Crippen MR) is 133 cm³/mol. The number of aromatic nitrogens is 1. The van der Waals surface area contributed by atoms with Crippen LogP contribution in [0.15, 0.2) is 52.3 Å². The van der Waals surface area contributed by atoms with Gasteiger partial charge in [-0.3, -0.25) is 13.9 Å². The van der Waals surface area contributed by atoms with Crippen LogP contribution in [0.2, 0.25) is 0 Å². The Morgan fingerprint density at radius 2 is 1.67 bits per heavy atom. The fraction of sp³-hybridized carbons (Fsp3) is 0.360. The third-order valence-electron chi connectivity index (χ3n) is 5.72. The van der Waals surface area contributed by atoms with Crippen LogP contribution in [0.1, 0.15) is 48.2 Å². The number of carbonyl (C=O) groups is 1. The Balaban J connectivity index is 2.09. The average Bonchev–Trinajstić information content (AvgIpc) is 2.79. The van der Waals surface area contributed by atoms with E-state index in [4.69, 9.17) is 0 Å². The summed E-state index contributed by atoms with van der Waals surface area (Å²) in [6.45, 7) is 8.81. The molecule has 1 heterocycles. The Labute approximate surface area is 195 Å². The van der Waals surface area contributed by atoms with Crippen LogP contribution in [-0.2, 0) is 10.0 Å². The number of amides is 1. The summed E-state index contributed by atoms with van der Waals surface area (Å²) in [5.74, 6) is -0.345. The minimum Gasteiger partial charge on any atom is -0.360 e. The number of nitrogens with one attached hydrogen (secondary N) is 1. The van der Waals surface area contributed by atoms with Crippen molar-refractivity contribution >= 4 is 32.5 Å². The molecule has 3 rings (SSSR count). The van der Waals surface area contributed by atoms with Gasteiger partial charge in [0.2, 0.25) is 5.43 Å². The van der Waals surface area contributed by atoms with Crippen molar-refractivity contribution in [2.24, 2.45) is 0 Å². The molecule has 1 N–H and O–H groups in total. The molecule has 0 saturated carbocycles. The number of nitrogens with zero attached hydrogens (tertiary/aromatic N) is 2. The summed E-state index contributed by atoms with van der Waals surface area (Å²) in [5, 5.41) is 0.171. The van der Waals surface area contributed by atoms with Gasteiger partial charge in [-0.2, -0.15) is 0 Å². The first kappa shape index (κ1) is 24.5. The van der Waals surface area contributed by atoms with Gasteiger partial charge in [-0.25, -0.2) is 8.42 Å². The van der Waals surface area contributed by atoms with E-state index in [1.165, 1.54) is 29.7 Å². The molecule has 0 atom stereocenters. The van der Waals surface area contributed by atoms with Crippen LogP contribution in [0.5, 0.6) is 0 Å². The van der Waals surface area contributed by atoms with E-state index in [0.717, 1.165) is 24.0 Å². The quantitative estimate of drug-likeness (QED) is 0.534. The maximum atomic E-state index is 13.4. The molecular formula is C25H31N3O4S. The lowest BCUT2D eigenvalue weighted by molar-refractivity contribution is 0.0754. The van der Waals surface area contributed by atoms with E-state index < -0.39 is 15.5 Å². The Morgan fingerprint density at radius 3 is 2.30 bits per heavy atom. The summed E-state index contributed by atoms with van der Waals surface area (Å²) in [6, 6.07) is 9.99. The topological polar surface area (TPSA) is 90.6 Å². The van der Waals surface area contributed by atoms with E-state index in [2.05, 4.69) is 4.98 Å². The molecule has 1 aromatic heterocycles. The van der Waals surface area contributed by atoms with E-state index in [9.17, 15) is 18.0 Å². The number of benzene rings is 2. The largest absolute Gasteiger partial charge is 0.360 e. The molecule has 7 nitrogen and oxygen atoms in total. The Bertz CT molecular complexity index is 1340. The van der Waals surface area contributed by atoms with Gasteiger partial charge in [0.25, 0.3) is 15.9 Å². The summed E-state index contributed by atoms with van der Waals surface area (Å²) in [4.78, 5) is 30.9. The molecular weight excluding hydrogens is 438 g/mol. The molecule has 0 saturated heterocycles. The number of rotatable bonds is 8. The zero-order valence-corrected chi connectivity index (χ0v) is 20.6. The second kappa shape index (κ2) is 9.79. The lowest BCUT2D eigenvalue weighted by Crippen LogP contribution is -2.35. The van der Waals surface area contributed by atoms with Crippen molar-refractivity contribution in [2.75, 3.05) is 24.4 Å². The molecule has 0 aliphatic rings. The first-order valence-electron chi connectivity index (χ1n) is 11.1. The minimum absolute atomic E-state index is 0.00697. The van der Waals surface area contributed by atoms with Gasteiger partial charge in [-0.05, 0) is 62.1 Å². The number of fused-ring (bicyclic) bond motifs is 1. The summed E-state index contributed by atoms with van der Waals surface area (Å²) in [7, 11) is -2.42. The van der Waals surface area contributed by atoms with Gasteiger partial charge in [-0.1, -0.05) is 26.0 Å². The molecule has 0 aliphatic carbocycles. The summed E-state index contributed by atoms with van der Waals surface area (Å²) < 4.78 is 28.0. The number of hydrogen-bond acceptors (Lipinski definition) is 4. The number of aromatic amines is 1. The molecule has 2 aromatic carbocycles. The summed E-state index contributed by atoms with van der Waals surface area (Å²) >= 11 is 0. The molecule has 0 radical (unpaired) electrons. The van der Waals surface area contributed by atoms with E-state index in [1.54, 1.807) is 11.0 Å². The van der Waals surface area contributed by atoms with Gasteiger partial charge in [0.05, 0.1) is 10.6 Å². The van der Waals surface area contributed by atoms with E-state index in [-0.39, 0.29) is 21.8 Å². The maximum Gasteiger partial charge on any atom is 0.264 e. The molecule has 176 valence electrons. The van der Waals surface area contributed by atoms with Crippen LogP contribution < -0.4 is 9.73 Å². The van der Waals surface area contributed by atoms with Crippen molar-refractivity contribution in [3.8, 4) is 0 Å². The average molecular weight is 470 g/mol. The molecule has 8 heteroatoms. The van der Waals surface area contributed by atoms with Gasteiger partial charge in [0.15, 0.2) is 0 Å². The van der Waals surface area contributed by atoms with Crippen molar-refractivity contribution in [3.63, 3.8) is 0 Å². The first-order chi connectivity index (χ1) is 15.6. The molecule has 0 fully saturated rings. The lowest BCUT2D eigenvalue weighted by Gasteiger charge is -2.22. The second-order valence-electron chi connectivity index (χ2n) is 8.29. The van der Waals surface area contributed by atoms with Crippen molar-refractivity contribution in [1.82, 2.24) is 9.88 Å². The number of anilines is 1. The normalized spacial score (nSPS) is 11.5. The molecule has 0 aliphatic heterocycles. The Morgan fingerprint density at radius 1 is 1.00 bits per heavy atom. The van der Waals surface area contributed by atoms with E-state index in [1.807, 2.05) is 45.9 Å². The van der Waals surface area contributed by atoms with E-state index in [0.29, 0.717) is 24.3 Å². The summed E-state index contributed by atoms with van der Waals surface area (Å²) in [6.07, 6.45) is 2.98. The highest BCUT2D eigenvalue weighted by molar-refractivity contribution is 7.92. The van der Waals surface area contributed by atoms with Crippen LogP contribution in [-0.4, -0.2) is 44.3 Å². The second-order valence-corrected chi connectivity index (χ2v) is 10.3. The number of aryl methyl sites for hydroxylation is 2. The van der Waals surface area contributed by atoms with Crippen molar-refractivity contribution in [2.45, 2.75) is 45.4 Å². The van der Waals surface area contributed by atoms with Crippen molar-refractivity contribution < 1.29 is 13.2 Å². The predicted octanol–water partition coefficient (Wildman–Crippen LogP) is 4.23. The highest BCUT2D eigenvalue weighted by Gasteiger charge is 2.25. The number of carbonyl (C=O) groups excluding carboxylic acids is 1. The first-order valence-corrected chi connectivity index (χ1v) is 12.6. The number of pyridine rings is 1. The Hall–Kier alpha value is -3.13. The zero-order valence-electron chi connectivity index (χ0n) is 19.8. The number of sulfonamides is 1. The lowest BCUT2D eigenvalue weighted by atomic mass is 10.1. The molecule has 33 heavy (non-hydrogen) atoms. The van der Waals surface area contributed by atoms with Gasteiger partial charge in [0.1, 0.15) is 5.56 Å². The SMILES string of the molecule is CCCN(CCC)C(=O)c1c[nH]c2ccc(S(=O)(=O)N(C)c3cc(C)ccc3C)cc2c1=O. The van der Waals surface area contributed by atoms with Gasteiger partial charge >= 0.3 is 0 Å². The van der Waals surface area contributed by atoms with Crippen molar-refractivity contribution in [1.29, 1.82) is 0 Å². The zero-order chi connectivity index (χ0) is 24.3. The molecule has 1 amide bonds. The Kier molecular flexibility index (Phi) is 7.27. The van der Waals surface area contributed by atoms with Crippen LogP contribution in [0.4, 0.5) is 5.69 Å². The summed E-state index contributed by atoms with van der Waals surface area (Å²) in [5.41, 5.74) is 2.36. The monoisotopic (exact) mass is 469 g/mol. The molecule has 3 aromatic rings. The van der Waals surface area contributed by atoms with Crippen molar-refractivity contribution in [3.05, 3.63) is 69.5 Å². The van der Waals surface area contributed by atoms with Crippen LogP contribution in [0.25, 0.3) is 10.9 Å². The molecule has 0 unspecified atom stereocenters. The van der Waals surface area contributed by atoms with Gasteiger partial charge in [-0.15, -0.1) is 0 Å². The highest BCUT2D eigenvalue weighted by Crippen LogP contribution is 2.27. The minimum atomic E-state index is -3.92. The fourth-order valence-electron chi connectivity index (χ4n) is 3.89. The maximum absolute atomic E-state index is 13.4. The third kappa shape index (κ3) is 4.80. The molecule has 0 spiro atoms. The highest BCUT2D eigenvalue weighted by atomic mass is 32.2. The fourth-order valence-corrected chi connectivity index (χ4v) is 5.17. The van der Waals surface area contributed by atoms with Gasteiger partial charge < -0.3 is 9.88 Å². The van der Waals surface area contributed by atoms with Gasteiger partial charge in [0, 0.05) is 37.2 Å². The number of hydrogen-bond donors (Lipinski definition) is 1. The smallest absolute Gasteiger partial charge is 0.264 e. The van der Waals surface area contributed by atoms with Crippen LogP contribution in [0, 0.1) is 13.8 Å². The third-order valence-corrected chi connectivity index (χ3v) is 7.49. The molecule has 0 bridgehead atoms. The van der Waals surface area contributed by atoms with Crippen LogP contribution >= 0.6 is 0 Å². The van der Waals surface area contributed by atoms with E-state index >= 15 is 0 Å². The van der Waals surface area contributed by atoms with Crippen LogP contribution in [0.3, 0.4) is 0 Å².